The number of pyridine rings is 1. The van der Waals surface area contributed by atoms with E-state index in [2.05, 4.69) is 10.3 Å². The first-order valence-electron chi connectivity index (χ1n) is 5.98. The molecule has 19 heavy (non-hydrogen) atoms. The van der Waals surface area contributed by atoms with Gasteiger partial charge in [0.2, 0.25) is 0 Å². The Hall–Kier alpha value is -2.43. The van der Waals surface area contributed by atoms with Crippen LogP contribution in [-0.2, 0) is 6.54 Å². The highest BCUT2D eigenvalue weighted by Gasteiger charge is 2.04. The van der Waals surface area contributed by atoms with Crippen molar-refractivity contribution in [3.63, 3.8) is 0 Å². The van der Waals surface area contributed by atoms with Gasteiger partial charge in [-0.15, -0.1) is 0 Å². The second-order valence-electron chi connectivity index (χ2n) is 4.36. The minimum absolute atomic E-state index is 0.108. The molecule has 0 unspecified atom stereocenters. The van der Waals surface area contributed by atoms with E-state index in [9.17, 15) is 10.1 Å². The fourth-order valence-electron chi connectivity index (χ4n) is 1.81. The van der Waals surface area contributed by atoms with Gasteiger partial charge in [0.25, 0.3) is 5.69 Å². The number of anilines is 1. The normalized spacial score (nSPS) is 10.2. The predicted octanol–water partition coefficient (Wildman–Crippen LogP) is 3.22. The molecule has 0 atom stereocenters. The summed E-state index contributed by atoms with van der Waals surface area (Å²) in [6.45, 7) is 4.52. The molecule has 0 aliphatic rings. The molecule has 0 fully saturated rings. The van der Waals surface area contributed by atoms with Crippen molar-refractivity contribution < 1.29 is 4.92 Å². The molecular formula is C14H15N3O2. The number of non-ortho nitro benzene ring substituents is 1. The Morgan fingerprint density at radius 2 is 1.84 bits per heavy atom. The number of nitrogens with zero attached hydrogens (tertiary/aromatic N) is 2. The zero-order valence-corrected chi connectivity index (χ0v) is 10.9. The minimum atomic E-state index is -0.398. The molecule has 98 valence electrons. The molecule has 5 heteroatoms. The Kier molecular flexibility index (Phi) is 3.75. The summed E-state index contributed by atoms with van der Waals surface area (Å²) in [6, 6.07) is 10.5. The van der Waals surface area contributed by atoms with Crippen LogP contribution in [0.25, 0.3) is 0 Å². The van der Waals surface area contributed by atoms with Gasteiger partial charge >= 0.3 is 0 Å². The fraction of sp³-hybridized carbons (Fsp3) is 0.214. The lowest BCUT2D eigenvalue weighted by molar-refractivity contribution is -0.384. The third-order valence-corrected chi connectivity index (χ3v) is 2.86. The highest BCUT2D eigenvalue weighted by Crippen LogP contribution is 2.16. The maximum absolute atomic E-state index is 10.5. The van der Waals surface area contributed by atoms with Crippen molar-refractivity contribution in [3.8, 4) is 0 Å². The van der Waals surface area contributed by atoms with E-state index in [1.165, 1.54) is 12.1 Å². The molecule has 0 spiro atoms. The quantitative estimate of drug-likeness (QED) is 0.674. The van der Waals surface area contributed by atoms with E-state index in [-0.39, 0.29) is 5.69 Å². The third kappa shape index (κ3) is 3.28. The Morgan fingerprint density at radius 1 is 1.16 bits per heavy atom. The standard InChI is InChI=1S/C14H15N3O2/c1-10-3-8-14(11(2)16-10)15-9-12-4-6-13(7-5-12)17(18)19/h3-8,15H,9H2,1-2H3. The number of aryl methyl sites for hydroxylation is 2. The number of nitrogens with one attached hydrogen (secondary N) is 1. The number of benzene rings is 1. The highest BCUT2D eigenvalue weighted by atomic mass is 16.6. The Bertz CT molecular complexity index is 594. The lowest BCUT2D eigenvalue weighted by Gasteiger charge is -2.09. The number of nitro benzene ring substituents is 1. The van der Waals surface area contributed by atoms with Crippen molar-refractivity contribution >= 4 is 11.4 Å². The molecular weight excluding hydrogens is 242 g/mol. The number of aromatic nitrogens is 1. The molecule has 1 aromatic carbocycles. The monoisotopic (exact) mass is 257 g/mol. The van der Waals surface area contributed by atoms with Gasteiger partial charge in [-0.3, -0.25) is 15.1 Å². The SMILES string of the molecule is Cc1ccc(NCc2ccc([N+](=O)[O-])cc2)c(C)n1. The first-order valence-corrected chi connectivity index (χ1v) is 5.98. The lowest BCUT2D eigenvalue weighted by Crippen LogP contribution is -2.02. The molecule has 0 aliphatic heterocycles. The van der Waals surface area contributed by atoms with Crippen LogP contribution in [0.2, 0.25) is 0 Å². The van der Waals surface area contributed by atoms with Crippen molar-refractivity contribution in [1.29, 1.82) is 0 Å². The zero-order valence-electron chi connectivity index (χ0n) is 10.9. The minimum Gasteiger partial charge on any atom is -0.380 e. The summed E-state index contributed by atoms with van der Waals surface area (Å²) in [7, 11) is 0. The van der Waals surface area contributed by atoms with Gasteiger partial charge in [0.15, 0.2) is 0 Å². The summed E-state index contributed by atoms with van der Waals surface area (Å²) in [5.41, 5.74) is 4.01. The summed E-state index contributed by atoms with van der Waals surface area (Å²) < 4.78 is 0. The van der Waals surface area contributed by atoms with E-state index >= 15 is 0 Å². The zero-order chi connectivity index (χ0) is 13.8. The summed E-state index contributed by atoms with van der Waals surface area (Å²) in [5, 5.41) is 13.8. The van der Waals surface area contributed by atoms with E-state index < -0.39 is 4.92 Å². The van der Waals surface area contributed by atoms with Crippen LogP contribution in [0.5, 0.6) is 0 Å². The fourth-order valence-corrected chi connectivity index (χ4v) is 1.81. The second-order valence-corrected chi connectivity index (χ2v) is 4.36. The van der Waals surface area contributed by atoms with Gasteiger partial charge in [-0.2, -0.15) is 0 Å². The molecule has 2 rings (SSSR count). The highest BCUT2D eigenvalue weighted by molar-refractivity contribution is 5.48. The van der Waals surface area contributed by atoms with Crippen LogP contribution in [0.15, 0.2) is 36.4 Å². The number of hydrogen-bond acceptors (Lipinski definition) is 4. The molecule has 2 aromatic rings. The van der Waals surface area contributed by atoms with E-state index in [1.807, 2.05) is 26.0 Å². The van der Waals surface area contributed by atoms with Crippen molar-refractivity contribution in [1.82, 2.24) is 4.98 Å². The van der Waals surface area contributed by atoms with Crippen LogP contribution in [-0.4, -0.2) is 9.91 Å². The summed E-state index contributed by atoms with van der Waals surface area (Å²) >= 11 is 0. The largest absolute Gasteiger partial charge is 0.380 e. The van der Waals surface area contributed by atoms with Crippen LogP contribution in [0.1, 0.15) is 17.0 Å². The maximum Gasteiger partial charge on any atom is 0.269 e. The topological polar surface area (TPSA) is 68.1 Å². The van der Waals surface area contributed by atoms with Crippen LogP contribution in [0, 0.1) is 24.0 Å². The van der Waals surface area contributed by atoms with Gasteiger partial charge < -0.3 is 5.32 Å². The average Bonchev–Trinajstić information content (AvgIpc) is 2.38. The maximum atomic E-state index is 10.5. The van der Waals surface area contributed by atoms with Gasteiger partial charge in [-0.25, -0.2) is 0 Å². The molecule has 1 aromatic heterocycles. The molecule has 0 bridgehead atoms. The predicted molar refractivity (Wildman–Crippen MR) is 74.1 cm³/mol. The molecule has 5 nitrogen and oxygen atoms in total. The number of nitro groups is 1. The van der Waals surface area contributed by atoms with E-state index in [4.69, 9.17) is 0 Å². The summed E-state index contributed by atoms with van der Waals surface area (Å²) in [5.74, 6) is 0. The van der Waals surface area contributed by atoms with Gasteiger partial charge in [-0.1, -0.05) is 12.1 Å². The third-order valence-electron chi connectivity index (χ3n) is 2.86. The van der Waals surface area contributed by atoms with Gasteiger partial charge in [-0.05, 0) is 31.5 Å². The Morgan fingerprint density at radius 3 is 2.42 bits per heavy atom. The van der Waals surface area contributed by atoms with E-state index in [1.54, 1.807) is 12.1 Å². The first kappa shape index (κ1) is 13.0. The molecule has 0 radical (unpaired) electrons. The molecule has 0 saturated heterocycles. The number of rotatable bonds is 4. The van der Waals surface area contributed by atoms with Crippen molar-refractivity contribution in [3.05, 3.63) is 63.5 Å². The van der Waals surface area contributed by atoms with Crippen LogP contribution in [0.3, 0.4) is 0 Å². The average molecular weight is 257 g/mol. The van der Waals surface area contributed by atoms with Crippen molar-refractivity contribution in [2.75, 3.05) is 5.32 Å². The van der Waals surface area contributed by atoms with Gasteiger partial charge in [0.05, 0.1) is 16.3 Å². The number of hydrogen-bond donors (Lipinski definition) is 1. The molecule has 0 amide bonds. The van der Waals surface area contributed by atoms with E-state index in [0.29, 0.717) is 6.54 Å². The van der Waals surface area contributed by atoms with Gasteiger partial charge in [0.1, 0.15) is 0 Å². The Labute approximate surface area is 111 Å². The molecule has 1 heterocycles. The summed E-state index contributed by atoms with van der Waals surface area (Å²) in [6.07, 6.45) is 0. The molecule has 1 N–H and O–H groups in total. The molecule has 0 aliphatic carbocycles. The second kappa shape index (κ2) is 5.48. The summed E-state index contributed by atoms with van der Waals surface area (Å²) in [4.78, 5) is 14.5. The van der Waals surface area contributed by atoms with Crippen molar-refractivity contribution in [2.45, 2.75) is 20.4 Å². The van der Waals surface area contributed by atoms with Crippen LogP contribution in [0.4, 0.5) is 11.4 Å². The van der Waals surface area contributed by atoms with Crippen LogP contribution < -0.4 is 5.32 Å². The van der Waals surface area contributed by atoms with Crippen LogP contribution >= 0.6 is 0 Å². The first-order chi connectivity index (χ1) is 9.06. The van der Waals surface area contributed by atoms with Crippen molar-refractivity contribution in [2.24, 2.45) is 0 Å². The Balaban J connectivity index is 2.04. The smallest absolute Gasteiger partial charge is 0.269 e. The van der Waals surface area contributed by atoms with Gasteiger partial charge in [0, 0.05) is 24.4 Å². The molecule has 0 saturated carbocycles. The lowest BCUT2D eigenvalue weighted by atomic mass is 10.2. The van der Waals surface area contributed by atoms with E-state index in [0.717, 1.165) is 22.6 Å².